The van der Waals surface area contributed by atoms with Crippen molar-refractivity contribution < 1.29 is 0 Å². The van der Waals surface area contributed by atoms with Gasteiger partial charge in [0.25, 0.3) is 0 Å². The number of hydrogen-bond donors (Lipinski definition) is 1. The highest BCUT2D eigenvalue weighted by Crippen LogP contribution is 2.11. The third-order valence-electron chi connectivity index (χ3n) is 1.88. The van der Waals surface area contributed by atoms with Crippen LogP contribution in [-0.4, -0.2) is 10.2 Å². The second kappa shape index (κ2) is 4.53. The fourth-order valence-electron chi connectivity index (χ4n) is 1.13. The van der Waals surface area contributed by atoms with Crippen molar-refractivity contribution in [1.29, 1.82) is 5.26 Å². The van der Waals surface area contributed by atoms with Crippen molar-refractivity contribution in [3.63, 3.8) is 0 Å². The van der Waals surface area contributed by atoms with Crippen molar-refractivity contribution in [2.75, 3.05) is 5.32 Å². The van der Waals surface area contributed by atoms with Crippen LogP contribution >= 0.6 is 11.3 Å². The molecule has 0 aromatic carbocycles. The van der Waals surface area contributed by atoms with Crippen LogP contribution in [0.5, 0.6) is 0 Å². The Labute approximate surface area is 91.2 Å². The van der Waals surface area contributed by atoms with Crippen LogP contribution in [0.15, 0.2) is 29.1 Å². The molecule has 0 unspecified atom stereocenters. The van der Waals surface area contributed by atoms with E-state index < -0.39 is 0 Å². The molecule has 74 valence electrons. The summed E-state index contributed by atoms with van der Waals surface area (Å²) in [6.45, 7) is 0.664. The van der Waals surface area contributed by atoms with Gasteiger partial charge < -0.3 is 5.32 Å². The van der Waals surface area contributed by atoms with E-state index in [2.05, 4.69) is 27.0 Å². The molecule has 2 aromatic rings. The second-order valence-electron chi connectivity index (χ2n) is 2.89. The van der Waals surface area contributed by atoms with Crippen molar-refractivity contribution in [2.24, 2.45) is 0 Å². The molecule has 2 rings (SSSR count). The normalized spacial score (nSPS) is 9.53. The number of hydrogen-bond acceptors (Lipinski definition) is 5. The molecule has 1 N–H and O–H groups in total. The van der Waals surface area contributed by atoms with Crippen LogP contribution in [0, 0.1) is 11.3 Å². The number of anilines is 1. The van der Waals surface area contributed by atoms with Gasteiger partial charge in [-0.3, -0.25) is 0 Å². The lowest BCUT2D eigenvalue weighted by molar-refractivity contribution is 0.996. The molecule has 0 aliphatic rings. The molecule has 0 bridgehead atoms. The zero-order valence-electron chi connectivity index (χ0n) is 7.84. The summed E-state index contributed by atoms with van der Waals surface area (Å²) in [5.74, 6) is 0.534. The van der Waals surface area contributed by atoms with Gasteiger partial charge in [0.15, 0.2) is 5.82 Å². The molecule has 0 saturated heterocycles. The maximum Gasteiger partial charge on any atom is 0.166 e. The first-order valence-electron chi connectivity index (χ1n) is 4.37. The van der Waals surface area contributed by atoms with Gasteiger partial charge in [-0.1, -0.05) is 0 Å². The van der Waals surface area contributed by atoms with E-state index in [9.17, 15) is 0 Å². The SMILES string of the molecule is N#Cc1ccnnc1NCc1ccsc1. The van der Waals surface area contributed by atoms with E-state index in [0.29, 0.717) is 17.9 Å². The van der Waals surface area contributed by atoms with E-state index >= 15 is 0 Å². The third kappa shape index (κ3) is 2.30. The predicted octanol–water partition coefficient (Wildman–Crippen LogP) is 2.02. The Balaban J connectivity index is 2.08. The van der Waals surface area contributed by atoms with Gasteiger partial charge >= 0.3 is 0 Å². The summed E-state index contributed by atoms with van der Waals surface area (Å²) in [4.78, 5) is 0. The summed E-state index contributed by atoms with van der Waals surface area (Å²) in [5, 5.41) is 23.6. The summed E-state index contributed by atoms with van der Waals surface area (Å²) in [6.07, 6.45) is 1.51. The summed E-state index contributed by atoms with van der Waals surface area (Å²) in [5.41, 5.74) is 1.69. The van der Waals surface area contributed by atoms with Crippen molar-refractivity contribution in [1.82, 2.24) is 10.2 Å². The molecule has 2 heterocycles. The number of nitriles is 1. The van der Waals surface area contributed by atoms with Gasteiger partial charge in [-0.15, -0.1) is 5.10 Å². The largest absolute Gasteiger partial charge is 0.363 e. The van der Waals surface area contributed by atoms with E-state index in [4.69, 9.17) is 5.26 Å². The van der Waals surface area contributed by atoms with Crippen LogP contribution in [0.1, 0.15) is 11.1 Å². The first-order chi connectivity index (χ1) is 7.40. The van der Waals surface area contributed by atoms with E-state index in [1.807, 2.05) is 11.4 Å². The topological polar surface area (TPSA) is 61.6 Å². The van der Waals surface area contributed by atoms with Crippen molar-refractivity contribution in [2.45, 2.75) is 6.54 Å². The molecule has 0 radical (unpaired) electrons. The Morgan fingerprint density at radius 3 is 3.13 bits per heavy atom. The molecule has 2 aromatic heterocycles. The van der Waals surface area contributed by atoms with E-state index in [0.717, 1.165) is 0 Å². The van der Waals surface area contributed by atoms with Crippen molar-refractivity contribution in [3.05, 3.63) is 40.2 Å². The number of thiophene rings is 1. The molecule has 0 aliphatic carbocycles. The molecule has 0 saturated carbocycles. The highest BCUT2D eigenvalue weighted by Gasteiger charge is 2.02. The fourth-order valence-corrected chi connectivity index (χ4v) is 1.80. The summed E-state index contributed by atoms with van der Waals surface area (Å²) < 4.78 is 0. The summed E-state index contributed by atoms with van der Waals surface area (Å²) in [7, 11) is 0. The van der Waals surface area contributed by atoms with E-state index in [1.54, 1.807) is 17.4 Å². The lowest BCUT2D eigenvalue weighted by atomic mass is 10.3. The third-order valence-corrected chi connectivity index (χ3v) is 2.61. The minimum Gasteiger partial charge on any atom is -0.363 e. The second-order valence-corrected chi connectivity index (χ2v) is 3.67. The van der Waals surface area contributed by atoms with Crippen molar-refractivity contribution in [3.8, 4) is 6.07 Å². The molecule has 0 aliphatic heterocycles. The van der Waals surface area contributed by atoms with Crippen LogP contribution in [0.3, 0.4) is 0 Å². The van der Waals surface area contributed by atoms with Crippen LogP contribution in [0.25, 0.3) is 0 Å². The maximum atomic E-state index is 8.82. The summed E-state index contributed by atoms with van der Waals surface area (Å²) >= 11 is 1.64. The Kier molecular flexibility index (Phi) is 2.90. The van der Waals surface area contributed by atoms with Crippen molar-refractivity contribution >= 4 is 17.2 Å². The zero-order valence-corrected chi connectivity index (χ0v) is 8.66. The van der Waals surface area contributed by atoms with Gasteiger partial charge in [-0.25, -0.2) is 0 Å². The fraction of sp³-hybridized carbons (Fsp3) is 0.100. The first-order valence-corrected chi connectivity index (χ1v) is 5.31. The number of aromatic nitrogens is 2. The van der Waals surface area contributed by atoms with Gasteiger partial charge in [-0.05, 0) is 28.5 Å². The Bertz CT molecular complexity index is 472. The lowest BCUT2D eigenvalue weighted by Crippen LogP contribution is -2.03. The van der Waals surface area contributed by atoms with E-state index in [1.165, 1.54) is 11.8 Å². The molecular formula is C10H8N4S. The molecule has 4 nitrogen and oxygen atoms in total. The number of nitrogens with one attached hydrogen (secondary N) is 1. The quantitative estimate of drug-likeness (QED) is 0.852. The van der Waals surface area contributed by atoms with Gasteiger partial charge in [0.1, 0.15) is 6.07 Å². The monoisotopic (exact) mass is 216 g/mol. The average Bonchev–Trinajstić information content (AvgIpc) is 2.79. The van der Waals surface area contributed by atoms with Gasteiger partial charge in [0.2, 0.25) is 0 Å². The highest BCUT2D eigenvalue weighted by molar-refractivity contribution is 7.07. The van der Waals surface area contributed by atoms with Gasteiger partial charge in [0, 0.05) is 6.54 Å². The van der Waals surface area contributed by atoms with Crippen LogP contribution in [0.2, 0.25) is 0 Å². The molecular weight excluding hydrogens is 208 g/mol. The molecule has 0 spiro atoms. The molecule has 5 heteroatoms. The molecule has 0 atom stereocenters. The standard InChI is InChI=1S/C10H8N4S/c11-5-9-1-3-13-14-10(9)12-6-8-2-4-15-7-8/h1-4,7H,6H2,(H,12,14). The van der Waals surface area contributed by atoms with Crippen LogP contribution < -0.4 is 5.32 Å². The van der Waals surface area contributed by atoms with E-state index in [-0.39, 0.29) is 0 Å². The van der Waals surface area contributed by atoms with Crippen LogP contribution in [-0.2, 0) is 6.54 Å². The highest BCUT2D eigenvalue weighted by atomic mass is 32.1. The first kappa shape index (κ1) is 9.62. The molecule has 0 amide bonds. The smallest absolute Gasteiger partial charge is 0.166 e. The van der Waals surface area contributed by atoms with Gasteiger partial charge in [0.05, 0.1) is 11.8 Å². The Morgan fingerprint density at radius 2 is 2.40 bits per heavy atom. The minimum absolute atomic E-state index is 0.514. The lowest BCUT2D eigenvalue weighted by Gasteiger charge is -2.03. The molecule has 15 heavy (non-hydrogen) atoms. The Morgan fingerprint density at radius 1 is 1.47 bits per heavy atom. The average molecular weight is 216 g/mol. The summed E-state index contributed by atoms with van der Waals surface area (Å²) in [6, 6.07) is 5.73. The number of nitrogens with zero attached hydrogens (tertiary/aromatic N) is 3. The van der Waals surface area contributed by atoms with Gasteiger partial charge in [-0.2, -0.15) is 21.7 Å². The molecule has 0 fully saturated rings. The number of rotatable bonds is 3. The predicted molar refractivity (Wildman–Crippen MR) is 58.4 cm³/mol. The zero-order chi connectivity index (χ0) is 10.5. The van der Waals surface area contributed by atoms with Crippen LogP contribution in [0.4, 0.5) is 5.82 Å². The Hall–Kier alpha value is -1.93. The maximum absolute atomic E-state index is 8.82. The minimum atomic E-state index is 0.514.